The highest BCUT2D eigenvalue weighted by atomic mass is 16.4. The van der Waals surface area contributed by atoms with Crippen molar-refractivity contribution in [1.29, 1.82) is 0 Å². The average Bonchev–Trinajstić information content (AvgIpc) is 2.47. The van der Waals surface area contributed by atoms with Crippen LogP contribution in [0.2, 0.25) is 0 Å². The second-order valence-electron chi connectivity index (χ2n) is 3.89. The van der Waals surface area contributed by atoms with Gasteiger partial charge in [-0.3, -0.25) is 9.69 Å². The van der Waals surface area contributed by atoms with E-state index in [1.807, 2.05) is 11.8 Å². The first-order valence-corrected chi connectivity index (χ1v) is 5.07. The predicted octanol–water partition coefficient (Wildman–Crippen LogP) is 1.19. The molecular formula is C11H17NO2. The van der Waals surface area contributed by atoms with Crippen molar-refractivity contribution in [3.05, 3.63) is 0 Å². The molecule has 0 bridgehead atoms. The molecule has 3 nitrogen and oxygen atoms in total. The van der Waals surface area contributed by atoms with E-state index in [-0.39, 0.29) is 12.0 Å². The number of hydrogen-bond donors (Lipinski definition) is 1. The van der Waals surface area contributed by atoms with Crippen LogP contribution < -0.4 is 0 Å². The molecular weight excluding hydrogens is 178 g/mol. The molecule has 2 unspecified atom stereocenters. The smallest absolute Gasteiger partial charge is 0.321 e. The molecule has 2 atom stereocenters. The molecule has 0 aromatic rings. The van der Waals surface area contributed by atoms with Gasteiger partial charge in [-0.2, -0.15) is 0 Å². The number of aliphatic carboxylic acids is 1. The van der Waals surface area contributed by atoms with Gasteiger partial charge in [-0.25, -0.2) is 0 Å². The van der Waals surface area contributed by atoms with E-state index in [0.29, 0.717) is 0 Å². The zero-order valence-corrected chi connectivity index (χ0v) is 8.57. The lowest BCUT2D eigenvalue weighted by Gasteiger charge is -2.22. The molecule has 1 fully saturated rings. The van der Waals surface area contributed by atoms with Gasteiger partial charge in [0.2, 0.25) is 0 Å². The van der Waals surface area contributed by atoms with Gasteiger partial charge in [-0.05, 0) is 31.8 Å². The van der Waals surface area contributed by atoms with Gasteiger partial charge in [-0.15, -0.1) is 12.3 Å². The third-order valence-corrected chi connectivity index (χ3v) is 2.82. The Labute approximate surface area is 85.1 Å². The molecule has 0 radical (unpaired) electrons. The highest BCUT2D eigenvalue weighted by Crippen LogP contribution is 2.24. The van der Waals surface area contributed by atoms with E-state index in [1.54, 1.807) is 0 Å². The molecule has 3 heteroatoms. The maximum absolute atomic E-state index is 11.0. The van der Waals surface area contributed by atoms with Crippen LogP contribution in [0.15, 0.2) is 0 Å². The fraction of sp³-hybridized carbons (Fsp3) is 0.727. The van der Waals surface area contributed by atoms with Gasteiger partial charge in [-0.1, -0.05) is 6.92 Å². The van der Waals surface area contributed by atoms with Crippen LogP contribution in [0.5, 0.6) is 0 Å². The van der Waals surface area contributed by atoms with Crippen LogP contribution in [0, 0.1) is 18.3 Å². The first-order valence-electron chi connectivity index (χ1n) is 5.07. The second-order valence-corrected chi connectivity index (χ2v) is 3.89. The van der Waals surface area contributed by atoms with E-state index < -0.39 is 5.97 Å². The van der Waals surface area contributed by atoms with Gasteiger partial charge in [0.25, 0.3) is 0 Å². The Hall–Kier alpha value is -1.01. The number of carboxylic acids is 1. The van der Waals surface area contributed by atoms with Crippen LogP contribution in [0.25, 0.3) is 0 Å². The number of carboxylic acid groups (broad SMARTS) is 1. The van der Waals surface area contributed by atoms with Crippen molar-refractivity contribution in [3.8, 4) is 12.3 Å². The highest BCUT2D eigenvalue weighted by Gasteiger charge is 2.35. The largest absolute Gasteiger partial charge is 0.480 e. The second kappa shape index (κ2) is 5.02. The third-order valence-electron chi connectivity index (χ3n) is 2.82. The summed E-state index contributed by atoms with van der Waals surface area (Å²) in [4.78, 5) is 13.0. The zero-order chi connectivity index (χ0) is 10.6. The molecule has 78 valence electrons. The summed E-state index contributed by atoms with van der Waals surface area (Å²) in [5, 5.41) is 9.03. The predicted molar refractivity (Wildman–Crippen MR) is 54.8 cm³/mol. The summed E-state index contributed by atoms with van der Waals surface area (Å²) in [6, 6.07) is -0.298. The monoisotopic (exact) mass is 195 g/mol. The Morgan fingerprint density at radius 1 is 1.71 bits per heavy atom. The minimum atomic E-state index is -0.698. The Kier molecular flexibility index (Phi) is 3.97. The molecule has 1 saturated heterocycles. The lowest BCUT2D eigenvalue weighted by Crippen LogP contribution is -2.39. The Morgan fingerprint density at radius 2 is 2.43 bits per heavy atom. The minimum Gasteiger partial charge on any atom is -0.480 e. The maximum atomic E-state index is 11.0. The summed E-state index contributed by atoms with van der Waals surface area (Å²) < 4.78 is 0. The van der Waals surface area contributed by atoms with Crippen LogP contribution in [0.4, 0.5) is 0 Å². The van der Waals surface area contributed by atoms with Crippen molar-refractivity contribution in [3.63, 3.8) is 0 Å². The van der Waals surface area contributed by atoms with E-state index in [9.17, 15) is 4.79 Å². The average molecular weight is 195 g/mol. The molecule has 1 aliphatic rings. The Bertz CT molecular complexity index is 244. The van der Waals surface area contributed by atoms with E-state index >= 15 is 0 Å². The Balaban J connectivity index is 2.44. The van der Waals surface area contributed by atoms with Crippen LogP contribution in [0.3, 0.4) is 0 Å². The first-order chi connectivity index (χ1) is 6.66. The van der Waals surface area contributed by atoms with Crippen LogP contribution in [-0.4, -0.2) is 35.1 Å². The maximum Gasteiger partial charge on any atom is 0.321 e. The summed E-state index contributed by atoms with van der Waals surface area (Å²) >= 11 is 0. The summed E-state index contributed by atoms with van der Waals surface area (Å²) in [6.07, 6.45) is 7.76. The summed E-state index contributed by atoms with van der Waals surface area (Å²) in [6.45, 7) is 3.70. The van der Waals surface area contributed by atoms with Crippen molar-refractivity contribution < 1.29 is 9.90 Å². The van der Waals surface area contributed by atoms with Gasteiger partial charge in [0.15, 0.2) is 0 Å². The molecule has 0 aliphatic carbocycles. The van der Waals surface area contributed by atoms with Gasteiger partial charge in [0.1, 0.15) is 6.04 Å². The molecule has 14 heavy (non-hydrogen) atoms. The molecule has 1 rings (SSSR count). The van der Waals surface area contributed by atoms with Gasteiger partial charge < -0.3 is 5.11 Å². The van der Waals surface area contributed by atoms with Gasteiger partial charge in [0, 0.05) is 6.42 Å². The fourth-order valence-electron chi connectivity index (χ4n) is 2.06. The number of terminal acetylenes is 1. The number of carbonyl (C=O) groups is 1. The fourth-order valence-corrected chi connectivity index (χ4v) is 2.06. The lowest BCUT2D eigenvalue weighted by atomic mass is 10.0. The quantitative estimate of drug-likeness (QED) is 0.541. The number of nitrogens with zero attached hydrogens (tertiary/aromatic N) is 1. The normalized spacial score (nSPS) is 27.4. The number of unbranched alkanes of at least 4 members (excludes halogenated alkanes) is 1. The topological polar surface area (TPSA) is 40.5 Å². The van der Waals surface area contributed by atoms with Crippen molar-refractivity contribution in [2.45, 2.75) is 32.2 Å². The molecule has 0 spiro atoms. The molecule has 0 saturated carbocycles. The molecule has 0 aromatic heterocycles. The molecule has 0 amide bonds. The first kappa shape index (κ1) is 11.1. The van der Waals surface area contributed by atoms with Crippen molar-refractivity contribution in [1.82, 2.24) is 4.90 Å². The van der Waals surface area contributed by atoms with E-state index in [1.165, 1.54) is 0 Å². The number of rotatable bonds is 4. The van der Waals surface area contributed by atoms with Crippen LogP contribution >= 0.6 is 0 Å². The number of likely N-dealkylation sites (tertiary alicyclic amines) is 1. The van der Waals surface area contributed by atoms with E-state index in [2.05, 4.69) is 5.92 Å². The third kappa shape index (κ3) is 2.49. The molecule has 0 aromatic carbocycles. The SMILES string of the molecule is C#CCCCN1CCC(C)C1C(=O)O. The highest BCUT2D eigenvalue weighted by molar-refractivity contribution is 5.74. The zero-order valence-electron chi connectivity index (χ0n) is 8.57. The molecule has 1 N–H and O–H groups in total. The summed E-state index contributed by atoms with van der Waals surface area (Å²) in [5.74, 6) is 2.14. The van der Waals surface area contributed by atoms with Crippen LogP contribution in [0.1, 0.15) is 26.2 Å². The Morgan fingerprint density at radius 3 is 3.00 bits per heavy atom. The van der Waals surface area contributed by atoms with Gasteiger partial charge in [0.05, 0.1) is 0 Å². The lowest BCUT2D eigenvalue weighted by molar-refractivity contribution is -0.143. The summed E-state index contributed by atoms with van der Waals surface area (Å²) in [5.41, 5.74) is 0. The van der Waals surface area contributed by atoms with E-state index in [0.717, 1.165) is 32.4 Å². The summed E-state index contributed by atoms with van der Waals surface area (Å²) in [7, 11) is 0. The molecule has 1 aliphatic heterocycles. The standard InChI is InChI=1S/C11H17NO2/c1-3-4-5-7-12-8-6-9(2)10(12)11(13)14/h1,9-10H,4-8H2,2H3,(H,13,14). The van der Waals surface area contributed by atoms with Gasteiger partial charge >= 0.3 is 5.97 Å². The van der Waals surface area contributed by atoms with Crippen LogP contribution in [-0.2, 0) is 4.79 Å². The molecule has 1 heterocycles. The minimum absolute atomic E-state index is 0.262. The van der Waals surface area contributed by atoms with E-state index in [4.69, 9.17) is 11.5 Å². The van der Waals surface area contributed by atoms with Crippen molar-refractivity contribution in [2.24, 2.45) is 5.92 Å². The number of hydrogen-bond acceptors (Lipinski definition) is 2. The van der Waals surface area contributed by atoms with Crippen molar-refractivity contribution >= 4 is 5.97 Å². The van der Waals surface area contributed by atoms with Crippen molar-refractivity contribution in [2.75, 3.05) is 13.1 Å².